The van der Waals surface area contributed by atoms with Crippen molar-refractivity contribution in [1.82, 2.24) is 5.32 Å². The topological polar surface area (TPSA) is 32.3 Å². The van der Waals surface area contributed by atoms with Crippen LogP contribution in [0.1, 0.15) is 18.9 Å². The van der Waals surface area contributed by atoms with E-state index in [0.717, 1.165) is 18.6 Å². The van der Waals surface area contributed by atoms with Crippen LogP contribution in [0.15, 0.2) is 16.8 Å². The van der Waals surface area contributed by atoms with Gasteiger partial charge in [-0.05, 0) is 54.2 Å². The van der Waals surface area contributed by atoms with Crippen LogP contribution in [0.25, 0.3) is 0 Å². The van der Waals surface area contributed by atoms with E-state index in [0.29, 0.717) is 6.04 Å². The van der Waals surface area contributed by atoms with Gasteiger partial charge in [-0.2, -0.15) is 23.1 Å². The summed E-state index contributed by atoms with van der Waals surface area (Å²) in [6, 6.07) is 2.83. The molecule has 4 heteroatoms. The van der Waals surface area contributed by atoms with E-state index in [1.165, 1.54) is 5.56 Å². The van der Waals surface area contributed by atoms with Crippen molar-refractivity contribution in [2.75, 3.05) is 18.6 Å². The first-order valence-electron chi connectivity index (χ1n) is 5.63. The summed E-state index contributed by atoms with van der Waals surface area (Å²) in [5.74, 6) is 1.10. The quantitative estimate of drug-likeness (QED) is 0.752. The Labute approximate surface area is 106 Å². The van der Waals surface area contributed by atoms with Crippen LogP contribution in [0.5, 0.6) is 0 Å². The second-order valence-corrected chi connectivity index (χ2v) is 5.83. The van der Waals surface area contributed by atoms with Gasteiger partial charge in [0.25, 0.3) is 0 Å². The average Bonchev–Trinajstić information content (AvgIpc) is 2.76. The highest BCUT2D eigenvalue weighted by molar-refractivity contribution is 7.98. The van der Waals surface area contributed by atoms with Crippen LogP contribution in [-0.2, 0) is 6.42 Å². The maximum atomic E-state index is 9.26. The number of thiophene rings is 1. The first kappa shape index (κ1) is 14.0. The van der Waals surface area contributed by atoms with Crippen molar-refractivity contribution in [3.63, 3.8) is 0 Å². The summed E-state index contributed by atoms with van der Waals surface area (Å²) in [4.78, 5) is 0. The summed E-state index contributed by atoms with van der Waals surface area (Å²) in [5, 5.41) is 17.0. The third kappa shape index (κ3) is 5.34. The molecule has 0 bridgehead atoms. The summed E-state index contributed by atoms with van der Waals surface area (Å²) < 4.78 is 0. The van der Waals surface area contributed by atoms with Gasteiger partial charge in [0.1, 0.15) is 0 Å². The number of aliphatic hydroxyl groups excluding tert-OH is 1. The summed E-state index contributed by atoms with van der Waals surface area (Å²) in [5.41, 5.74) is 1.38. The lowest BCUT2D eigenvalue weighted by Crippen LogP contribution is -2.40. The minimum Gasteiger partial charge on any atom is -0.395 e. The van der Waals surface area contributed by atoms with Gasteiger partial charge in [-0.1, -0.05) is 0 Å². The maximum Gasteiger partial charge on any atom is 0.0585 e. The van der Waals surface area contributed by atoms with Gasteiger partial charge >= 0.3 is 0 Å². The molecule has 2 atom stereocenters. The number of hydrogen-bond donors (Lipinski definition) is 2. The van der Waals surface area contributed by atoms with E-state index in [4.69, 9.17) is 0 Å². The Balaban J connectivity index is 2.28. The Bertz CT molecular complexity index is 264. The molecule has 1 aromatic rings. The molecule has 0 aliphatic carbocycles. The minimum absolute atomic E-state index is 0.231. The van der Waals surface area contributed by atoms with Crippen LogP contribution < -0.4 is 5.32 Å². The van der Waals surface area contributed by atoms with Crippen molar-refractivity contribution in [1.29, 1.82) is 0 Å². The molecule has 2 N–H and O–H groups in total. The van der Waals surface area contributed by atoms with E-state index in [1.54, 1.807) is 11.3 Å². The van der Waals surface area contributed by atoms with Gasteiger partial charge in [-0.3, -0.25) is 0 Å². The summed E-state index contributed by atoms with van der Waals surface area (Å²) in [7, 11) is 0. The molecule has 16 heavy (non-hydrogen) atoms. The Morgan fingerprint density at radius 2 is 2.38 bits per heavy atom. The highest BCUT2D eigenvalue weighted by Gasteiger charge is 2.11. The van der Waals surface area contributed by atoms with Gasteiger partial charge < -0.3 is 10.4 Å². The van der Waals surface area contributed by atoms with E-state index in [9.17, 15) is 5.11 Å². The van der Waals surface area contributed by atoms with Gasteiger partial charge in [0.2, 0.25) is 0 Å². The number of nitrogens with one attached hydrogen (secondary N) is 1. The zero-order valence-electron chi connectivity index (χ0n) is 9.98. The minimum atomic E-state index is 0.231. The SMILES string of the molecule is CSCCC(CO)NC(C)Cc1ccsc1. The molecule has 0 aliphatic rings. The van der Waals surface area contributed by atoms with Crippen LogP contribution in [0.2, 0.25) is 0 Å². The maximum absolute atomic E-state index is 9.26. The first-order chi connectivity index (χ1) is 7.76. The number of hydrogen-bond acceptors (Lipinski definition) is 4. The number of aliphatic hydroxyl groups is 1. The third-order valence-electron chi connectivity index (χ3n) is 2.53. The molecular formula is C12H21NOS2. The van der Waals surface area contributed by atoms with Crippen LogP contribution in [0.3, 0.4) is 0 Å². The Morgan fingerprint density at radius 1 is 1.56 bits per heavy atom. The van der Waals surface area contributed by atoms with Gasteiger partial charge in [-0.15, -0.1) is 0 Å². The summed E-state index contributed by atoms with van der Waals surface area (Å²) >= 11 is 3.57. The molecule has 2 unspecified atom stereocenters. The fourth-order valence-corrected chi connectivity index (χ4v) is 2.91. The first-order valence-corrected chi connectivity index (χ1v) is 7.96. The van der Waals surface area contributed by atoms with Crippen LogP contribution in [-0.4, -0.2) is 35.8 Å². The molecule has 0 aromatic carbocycles. The van der Waals surface area contributed by atoms with E-state index in [-0.39, 0.29) is 12.6 Å². The second kappa shape index (κ2) is 8.12. The zero-order chi connectivity index (χ0) is 11.8. The fraction of sp³-hybridized carbons (Fsp3) is 0.667. The molecule has 1 heterocycles. The van der Waals surface area contributed by atoms with Gasteiger partial charge in [0, 0.05) is 12.1 Å². The second-order valence-electron chi connectivity index (χ2n) is 4.06. The lowest BCUT2D eigenvalue weighted by atomic mass is 10.1. The summed E-state index contributed by atoms with van der Waals surface area (Å²) in [6.07, 6.45) is 4.17. The summed E-state index contributed by atoms with van der Waals surface area (Å²) in [6.45, 7) is 2.41. The average molecular weight is 259 g/mol. The normalized spacial score (nSPS) is 14.9. The van der Waals surface area contributed by atoms with Gasteiger partial charge in [0.15, 0.2) is 0 Å². The van der Waals surface area contributed by atoms with E-state index < -0.39 is 0 Å². The smallest absolute Gasteiger partial charge is 0.0585 e. The molecule has 0 spiro atoms. The van der Waals surface area contributed by atoms with Crippen molar-refractivity contribution in [3.8, 4) is 0 Å². The molecule has 0 saturated heterocycles. The predicted molar refractivity (Wildman–Crippen MR) is 74.5 cm³/mol. The molecular weight excluding hydrogens is 238 g/mol. The lowest BCUT2D eigenvalue weighted by Gasteiger charge is -2.21. The monoisotopic (exact) mass is 259 g/mol. The van der Waals surface area contributed by atoms with Crippen LogP contribution in [0, 0.1) is 0 Å². The molecule has 0 radical (unpaired) electrons. The molecule has 92 valence electrons. The molecule has 0 aliphatic heterocycles. The van der Waals surface area contributed by atoms with Crippen molar-refractivity contribution in [3.05, 3.63) is 22.4 Å². The fourth-order valence-electron chi connectivity index (χ4n) is 1.71. The van der Waals surface area contributed by atoms with Crippen molar-refractivity contribution >= 4 is 23.1 Å². The standard InChI is InChI=1S/C12H21NOS2/c1-10(7-11-3-6-16-9-11)13-12(8-14)4-5-15-2/h3,6,9-10,12-14H,4-5,7-8H2,1-2H3. The number of rotatable bonds is 8. The largest absolute Gasteiger partial charge is 0.395 e. The zero-order valence-corrected chi connectivity index (χ0v) is 11.6. The Morgan fingerprint density at radius 3 is 2.94 bits per heavy atom. The predicted octanol–water partition coefficient (Wildman–Crippen LogP) is 2.38. The molecule has 2 nitrogen and oxygen atoms in total. The van der Waals surface area contributed by atoms with Crippen molar-refractivity contribution < 1.29 is 5.11 Å². The van der Waals surface area contributed by atoms with Gasteiger partial charge in [-0.25, -0.2) is 0 Å². The Hall–Kier alpha value is -0.0300. The van der Waals surface area contributed by atoms with Crippen molar-refractivity contribution in [2.24, 2.45) is 0 Å². The molecule has 0 saturated carbocycles. The van der Waals surface area contributed by atoms with E-state index >= 15 is 0 Å². The molecule has 1 rings (SSSR count). The van der Waals surface area contributed by atoms with E-state index in [1.807, 2.05) is 11.8 Å². The van der Waals surface area contributed by atoms with Crippen LogP contribution in [0.4, 0.5) is 0 Å². The Kier molecular flexibility index (Phi) is 7.12. The molecule has 0 amide bonds. The highest BCUT2D eigenvalue weighted by Crippen LogP contribution is 2.09. The van der Waals surface area contributed by atoms with E-state index in [2.05, 4.69) is 35.3 Å². The van der Waals surface area contributed by atoms with Crippen molar-refractivity contribution in [2.45, 2.75) is 31.8 Å². The highest BCUT2D eigenvalue weighted by atomic mass is 32.2. The van der Waals surface area contributed by atoms with Gasteiger partial charge in [0.05, 0.1) is 6.61 Å². The molecule has 1 aromatic heterocycles. The number of thioether (sulfide) groups is 1. The molecule has 0 fully saturated rings. The third-order valence-corrected chi connectivity index (χ3v) is 3.91. The van der Waals surface area contributed by atoms with Crippen LogP contribution >= 0.6 is 23.1 Å². The lowest BCUT2D eigenvalue weighted by molar-refractivity contribution is 0.230.